The molecule has 1 aliphatic rings. The smallest absolute Gasteiger partial charge is 0.187 e. The number of nitrogens with two attached hydrogens (primary N) is 1. The quantitative estimate of drug-likeness (QED) is 0.821. The van der Waals surface area contributed by atoms with E-state index in [1.807, 2.05) is 5.38 Å². The normalized spacial score (nSPS) is 20.8. The first kappa shape index (κ1) is 12.6. The Morgan fingerprint density at radius 1 is 1.65 bits per heavy atom. The molecule has 1 aromatic rings. The van der Waals surface area contributed by atoms with Crippen LogP contribution in [0.25, 0.3) is 0 Å². The summed E-state index contributed by atoms with van der Waals surface area (Å²) in [6, 6.07) is 0. The molecule has 4 nitrogen and oxygen atoms in total. The maximum absolute atomic E-state index is 5.67. The summed E-state index contributed by atoms with van der Waals surface area (Å²) >= 11 is 1.64. The van der Waals surface area contributed by atoms with Gasteiger partial charge in [-0.15, -0.1) is 11.3 Å². The van der Waals surface area contributed by atoms with Crippen LogP contribution in [-0.2, 0) is 4.74 Å². The number of rotatable bonds is 5. The van der Waals surface area contributed by atoms with Crippen LogP contribution in [0.15, 0.2) is 5.38 Å². The number of nitrogens with zero attached hydrogens (tertiary/aromatic N) is 2. The van der Waals surface area contributed by atoms with Gasteiger partial charge < -0.3 is 15.4 Å². The van der Waals surface area contributed by atoms with E-state index in [0.29, 0.717) is 11.7 Å². The Morgan fingerprint density at radius 3 is 3.24 bits per heavy atom. The highest BCUT2D eigenvalue weighted by Crippen LogP contribution is 2.27. The molecule has 1 aromatic heterocycles. The highest BCUT2D eigenvalue weighted by molar-refractivity contribution is 7.14. The van der Waals surface area contributed by atoms with Gasteiger partial charge >= 0.3 is 0 Å². The summed E-state index contributed by atoms with van der Waals surface area (Å²) in [7, 11) is 0. The van der Waals surface area contributed by atoms with Crippen molar-refractivity contribution in [3.05, 3.63) is 5.38 Å². The predicted molar refractivity (Wildman–Crippen MR) is 72.6 cm³/mol. The van der Waals surface area contributed by atoms with Crippen molar-refractivity contribution in [1.29, 1.82) is 0 Å². The van der Waals surface area contributed by atoms with Crippen LogP contribution in [0.4, 0.5) is 10.9 Å². The van der Waals surface area contributed by atoms with Crippen molar-refractivity contribution in [2.24, 2.45) is 5.92 Å². The number of aromatic nitrogens is 1. The average Bonchev–Trinajstić information content (AvgIpc) is 2.77. The van der Waals surface area contributed by atoms with E-state index < -0.39 is 0 Å². The maximum atomic E-state index is 5.67. The number of hydrogen-bond acceptors (Lipinski definition) is 5. The topological polar surface area (TPSA) is 51.4 Å². The van der Waals surface area contributed by atoms with Crippen molar-refractivity contribution < 1.29 is 4.74 Å². The average molecular weight is 255 g/mol. The molecule has 1 fully saturated rings. The zero-order valence-electron chi connectivity index (χ0n) is 10.4. The van der Waals surface area contributed by atoms with Crippen LogP contribution in [0.2, 0.25) is 0 Å². The van der Waals surface area contributed by atoms with Gasteiger partial charge in [0.05, 0.1) is 6.61 Å². The highest BCUT2D eigenvalue weighted by Gasteiger charge is 2.21. The molecule has 1 saturated heterocycles. The van der Waals surface area contributed by atoms with Gasteiger partial charge in [-0.25, -0.2) is 4.98 Å². The molecule has 17 heavy (non-hydrogen) atoms. The minimum atomic E-state index is 0.634. The highest BCUT2D eigenvalue weighted by atomic mass is 32.1. The van der Waals surface area contributed by atoms with Crippen LogP contribution < -0.4 is 10.6 Å². The SMILES string of the molecule is CCCOC[C@H]1CCCN(c2nc(N)cs2)C1. The van der Waals surface area contributed by atoms with E-state index >= 15 is 0 Å². The molecule has 0 unspecified atom stereocenters. The first-order chi connectivity index (χ1) is 8.29. The predicted octanol–water partition coefficient (Wildman–Crippen LogP) is 2.37. The molecule has 2 N–H and O–H groups in total. The molecule has 2 rings (SSSR count). The van der Waals surface area contributed by atoms with Crippen molar-refractivity contribution >= 4 is 22.3 Å². The van der Waals surface area contributed by atoms with Gasteiger partial charge in [-0.05, 0) is 25.2 Å². The molecule has 0 saturated carbocycles. The van der Waals surface area contributed by atoms with Gasteiger partial charge in [-0.2, -0.15) is 0 Å². The monoisotopic (exact) mass is 255 g/mol. The summed E-state index contributed by atoms with van der Waals surface area (Å²) in [6.45, 7) is 6.05. The van der Waals surface area contributed by atoms with E-state index in [1.54, 1.807) is 11.3 Å². The summed E-state index contributed by atoms with van der Waals surface area (Å²) in [5.41, 5.74) is 5.67. The number of hydrogen-bond donors (Lipinski definition) is 1. The molecule has 0 aliphatic carbocycles. The number of ether oxygens (including phenoxy) is 1. The molecule has 0 bridgehead atoms. The third-order valence-electron chi connectivity index (χ3n) is 3.00. The Bertz CT molecular complexity index is 342. The van der Waals surface area contributed by atoms with E-state index in [1.165, 1.54) is 12.8 Å². The van der Waals surface area contributed by atoms with Gasteiger partial charge in [-0.3, -0.25) is 0 Å². The first-order valence-electron chi connectivity index (χ1n) is 6.33. The summed E-state index contributed by atoms with van der Waals surface area (Å²) in [5, 5.41) is 2.97. The fourth-order valence-electron chi connectivity index (χ4n) is 2.19. The molecule has 0 amide bonds. The van der Waals surface area contributed by atoms with E-state index in [-0.39, 0.29) is 0 Å². The van der Waals surface area contributed by atoms with Gasteiger partial charge in [0.2, 0.25) is 0 Å². The Kier molecular flexibility index (Phi) is 4.62. The maximum Gasteiger partial charge on any atom is 0.187 e. The third-order valence-corrected chi connectivity index (χ3v) is 3.92. The van der Waals surface area contributed by atoms with Gasteiger partial charge in [0, 0.05) is 25.1 Å². The van der Waals surface area contributed by atoms with Crippen LogP contribution in [0.3, 0.4) is 0 Å². The van der Waals surface area contributed by atoms with Crippen molar-refractivity contribution in [2.45, 2.75) is 26.2 Å². The van der Waals surface area contributed by atoms with Crippen molar-refractivity contribution in [1.82, 2.24) is 4.98 Å². The molecule has 96 valence electrons. The van der Waals surface area contributed by atoms with Crippen LogP contribution in [0.1, 0.15) is 26.2 Å². The number of piperidine rings is 1. The zero-order valence-corrected chi connectivity index (χ0v) is 11.2. The van der Waals surface area contributed by atoms with Gasteiger partial charge in [0.15, 0.2) is 5.13 Å². The number of anilines is 2. The summed E-state index contributed by atoms with van der Waals surface area (Å²) in [6.07, 6.45) is 3.58. The van der Waals surface area contributed by atoms with Gasteiger partial charge in [-0.1, -0.05) is 6.92 Å². The lowest BCUT2D eigenvalue weighted by molar-refractivity contribution is 0.0940. The Balaban J connectivity index is 1.84. The largest absolute Gasteiger partial charge is 0.383 e. The Morgan fingerprint density at radius 2 is 2.53 bits per heavy atom. The number of thiazole rings is 1. The molecule has 0 spiro atoms. The standard InChI is InChI=1S/C12H21N3OS/c1-2-6-16-8-10-4-3-5-15(7-10)12-14-11(13)9-17-12/h9-10H,2-8,13H2,1H3/t10-/m0/s1. The fourth-order valence-corrected chi connectivity index (χ4v) is 2.94. The second-order valence-electron chi connectivity index (χ2n) is 4.58. The van der Waals surface area contributed by atoms with Crippen LogP contribution >= 0.6 is 11.3 Å². The summed E-state index contributed by atoms with van der Waals surface area (Å²) < 4.78 is 5.64. The lowest BCUT2D eigenvalue weighted by Gasteiger charge is -2.32. The molecule has 1 aliphatic heterocycles. The van der Waals surface area contributed by atoms with Crippen molar-refractivity contribution in [3.8, 4) is 0 Å². The van der Waals surface area contributed by atoms with Gasteiger partial charge in [0.1, 0.15) is 5.82 Å². The Hall–Kier alpha value is -0.810. The molecule has 0 aromatic carbocycles. The lowest BCUT2D eigenvalue weighted by atomic mass is 9.99. The molecular weight excluding hydrogens is 234 g/mol. The second-order valence-corrected chi connectivity index (χ2v) is 5.42. The number of nitrogen functional groups attached to an aromatic ring is 1. The van der Waals surface area contributed by atoms with Gasteiger partial charge in [0.25, 0.3) is 0 Å². The van der Waals surface area contributed by atoms with E-state index in [4.69, 9.17) is 10.5 Å². The van der Waals surface area contributed by atoms with Crippen LogP contribution in [0, 0.1) is 5.92 Å². The van der Waals surface area contributed by atoms with E-state index in [2.05, 4.69) is 16.8 Å². The summed E-state index contributed by atoms with van der Waals surface area (Å²) in [5.74, 6) is 1.27. The first-order valence-corrected chi connectivity index (χ1v) is 7.21. The third kappa shape index (κ3) is 3.57. The van der Waals surface area contributed by atoms with E-state index in [9.17, 15) is 0 Å². The minimum absolute atomic E-state index is 0.634. The molecule has 1 atom stereocenters. The Labute approximate surface area is 107 Å². The van der Waals surface area contributed by atoms with Crippen molar-refractivity contribution in [3.63, 3.8) is 0 Å². The molecule has 2 heterocycles. The van der Waals surface area contributed by atoms with E-state index in [0.717, 1.165) is 37.9 Å². The lowest BCUT2D eigenvalue weighted by Crippen LogP contribution is -2.37. The minimum Gasteiger partial charge on any atom is -0.383 e. The van der Waals surface area contributed by atoms with Crippen LogP contribution in [-0.4, -0.2) is 31.3 Å². The molecule has 0 radical (unpaired) electrons. The summed E-state index contributed by atoms with van der Waals surface area (Å²) in [4.78, 5) is 6.68. The zero-order chi connectivity index (χ0) is 12.1. The van der Waals surface area contributed by atoms with Crippen molar-refractivity contribution in [2.75, 3.05) is 36.9 Å². The fraction of sp³-hybridized carbons (Fsp3) is 0.750. The molecular formula is C12H21N3OS. The van der Waals surface area contributed by atoms with Crippen LogP contribution in [0.5, 0.6) is 0 Å². The molecule has 5 heteroatoms. The second kappa shape index (κ2) is 6.21.